The van der Waals surface area contributed by atoms with E-state index in [-0.39, 0.29) is 29.5 Å². The summed E-state index contributed by atoms with van der Waals surface area (Å²) in [6.07, 6.45) is 3.17. The number of alkyl halides is 2. The number of hydrogen-bond donors (Lipinski definition) is 1. The van der Waals surface area contributed by atoms with Crippen LogP contribution in [0.15, 0.2) is 18.2 Å². The number of carbonyl (C=O) groups is 1. The molecule has 0 bridgehead atoms. The number of rotatable bonds is 10. The van der Waals surface area contributed by atoms with Crippen LogP contribution >= 0.6 is 0 Å². The predicted molar refractivity (Wildman–Crippen MR) is 104 cm³/mol. The number of halogens is 2. The first-order chi connectivity index (χ1) is 14.0. The van der Waals surface area contributed by atoms with Crippen LogP contribution in [0.25, 0.3) is 0 Å². The van der Waals surface area contributed by atoms with Gasteiger partial charge in [-0.1, -0.05) is 19.4 Å². The molecule has 1 heterocycles. The van der Waals surface area contributed by atoms with E-state index in [0.717, 1.165) is 37.8 Å². The van der Waals surface area contributed by atoms with E-state index in [2.05, 4.69) is 10.1 Å². The zero-order valence-electron chi connectivity index (χ0n) is 17.0. The topological polar surface area (TPSA) is 60.0 Å². The third-order valence-electron chi connectivity index (χ3n) is 5.24. The van der Waals surface area contributed by atoms with Crippen molar-refractivity contribution in [1.82, 2.24) is 10.2 Å². The number of benzene rings is 1. The van der Waals surface area contributed by atoms with Gasteiger partial charge in [-0.05, 0) is 43.9 Å². The molecule has 1 aromatic rings. The highest BCUT2D eigenvalue weighted by Gasteiger charge is 2.40. The van der Waals surface area contributed by atoms with Crippen LogP contribution in [-0.4, -0.2) is 55.9 Å². The molecule has 8 heteroatoms. The van der Waals surface area contributed by atoms with Crippen molar-refractivity contribution < 1.29 is 27.8 Å². The Kier molecular flexibility index (Phi) is 7.66. The van der Waals surface area contributed by atoms with Crippen molar-refractivity contribution in [3.05, 3.63) is 23.8 Å². The Morgan fingerprint density at radius 1 is 1.34 bits per heavy atom. The highest BCUT2D eigenvalue weighted by atomic mass is 19.3. The Bertz CT molecular complexity index is 679. The molecule has 0 radical (unpaired) electrons. The summed E-state index contributed by atoms with van der Waals surface area (Å²) < 4.78 is 41.5. The third-order valence-corrected chi connectivity index (χ3v) is 5.24. The van der Waals surface area contributed by atoms with E-state index < -0.39 is 12.7 Å². The lowest BCUT2D eigenvalue weighted by atomic mass is 10.0. The van der Waals surface area contributed by atoms with Crippen LogP contribution in [0, 0.1) is 0 Å². The second kappa shape index (κ2) is 10.2. The molecule has 0 unspecified atom stereocenters. The van der Waals surface area contributed by atoms with E-state index in [1.807, 2.05) is 18.7 Å². The first-order valence-electron chi connectivity index (χ1n) is 10.4. The second-order valence-electron chi connectivity index (χ2n) is 7.50. The summed E-state index contributed by atoms with van der Waals surface area (Å²) in [7, 11) is 0. The number of nitrogens with one attached hydrogen (secondary N) is 1. The number of nitrogens with zero attached hydrogens (tertiary/aromatic N) is 1. The van der Waals surface area contributed by atoms with Crippen molar-refractivity contribution in [3.63, 3.8) is 0 Å². The molecule has 0 spiro atoms. The van der Waals surface area contributed by atoms with Crippen LogP contribution in [0.3, 0.4) is 0 Å². The van der Waals surface area contributed by atoms with Crippen molar-refractivity contribution in [2.75, 3.05) is 26.3 Å². The lowest BCUT2D eigenvalue weighted by Crippen LogP contribution is -2.50. The summed E-state index contributed by atoms with van der Waals surface area (Å²) in [5.74, 6) is 0.256. The second-order valence-corrected chi connectivity index (χ2v) is 7.50. The van der Waals surface area contributed by atoms with Crippen LogP contribution in [0.2, 0.25) is 0 Å². The largest absolute Gasteiger partial charge is 0.490 e. The van der Waals surface area contributed by atoms with Gasteiger partial charge in [0.2, 0.25) is 0 Å². The highest BCUT2D eigenvalue weighted by molar-refractivity contribution is 5.82. The fourth-order valence-corrected chi connectivity index (χ4v) is 3.51. The predicted octanol–water partition coefficient (Wildman–Crippen LogP) is 3.51. The molecule has 2 atom stereocenters. The molecule has 3 rings (SSSR count). The maximum atomic E-state index is 13.1. The van der Waals surface area contributed by atoms with E-state index in [1.165, 1.54) is 6.07 Å². The lowest BCUT2D eigenvalue weighted by molar-refractivity contribution is -0.148. The zero-order valence-corrected chi connectivity index (χ0v) is 17.0. The Morgan fingerprint density at radius 3 is 2.76 bits per heavy atom. The van der Waals surface area contributed by atoms with Gasteiger partial charge in [-0.15, -0.1) is 0 Å². The molecule has 2 aliphatic rings. The molecule has 1 amide bonds. The monoisotopic (exact) mass is 412 g/mol. The van der Waals surface area contributed by atoms with Gasteiger partial charge in [-0.3, -0.25) is 4.79 Å². The molecule has 162 valence electrons. The summed E-state index contributed by atoms with van der Waals surface area (Å²) >= 11 is 0. The standard InChI is InChI=1S/C21H30F2N2O4/c1-3-4-10-27-18-12-15(5-8-17(18)29-21(22)23)14(2)25(16-6-7-16)20(26)19-13-24-9-11-28-19/h5,8,12,14,16,19,21,24H,3-4,6-7,9-11,13H2,1-2H3/t14-,19-/m1/s1. The summed E-state index contributed by atoms with van der Waals surface area (Å²) in [6.45, 7) is 3.23. The molecular weight excluding hydrogens is 382 g/mol. The van der Waals surface area contributed by atoms with E-state index in [4.69, 9.17) is 9.47 Å². The molecule has 1 aromatic carbocycles. The molecule has 1 saturated carbocycles. The molecular formula is C21H30F2N2O4. The first-order valence-corrected chi connectivity index (χ1v) is 10.4. The fourth-order valence-electron chi connectivity index (χ4n) is 3.51. The molecule has 1 saturated heterocycles. The van der Waals surface area contributed by atoms with Crippen LogP contribution in [-0.2, 0) is 9.53 Å². The number of hydrogen-bond acceptors (Lipinski definition) is 5. The molecule has 1 aliphatic heterocycles. The highest BCUT2D eigenvalue weighted by Crippen LogP contribution is 2.38. The zero-order chi connectivity index (χ0) is 20.8. The number of carbonyl (C=O) groups excluding carboxylic acids is 1. The van der Waals surface area contributed by atoms with Gasteiger partial charge in [0.25, 0.3) is 5.91 Å². The smallest absolute Gasteiger partial charge is 0.387 e. The molecule has 0 aromatic heterocycles. The molecule has 29 heavy (non-hydrogen) atoms. The van der Waals surface area contributed by atoms with Crippen molar-refractivity contribution in [2.24, 2.45) is 0 Å². The van der Waals surface area contributed by atoms with Gasteiger partial charge < -0.3 is 24.4 Å². The van der Waals surface area contributed by atoms with Gasteiger partial charge in [-0.25, -0.2) is 0 Å². The van der Waals surface area contributed by atoms with Crippen LogP contribution in [0.5, 0.6) is 11.5 Å². The fraction of sp³-hybridized carbons (Fsp3) is 0.667. The van der Waals surface area contributed by atoms with Gasteiger partial charge in [0.15, 0.2) is 11.5 Å². The third kappa shape index (κ3) is 5.79. The van der Waals surface area contributed by atoms with Crippen LogP contribution < -0.4 is 14.8 Å². The number of ether oxygens (including phenoxy) is 3. The SMILES string of the molecule is CCCCOc1cc([C@@H](C)N(C(=O)[C@H]2CNCCO2)C2CC2)ccc1OC(F)F. The minimum Gasteiger partial charge on any atom is -0.490 e. The van der Waals surface area contributed by atoms with Crippen molar-refractivity contribution in [2.45, 2.75) is 64.3 Å². The van der Waals surface area contributed by atoms with Gasteiger partial charge in [-0.2, -0.15) is 8.78 Å². The van der Waals surface area contributed by atoms with Gasteiger partial charge >= 0.3 is 6.61 Å². The first kappa shape index (κ1) is 21.8. The minimum atomic E-state index is -2.92. The summed E-state index contributed by atoms with van der Waals surface area (Å²) in [4.78, 5) is 15.0. The Labute approximate surface area is 170 Å². The van der Waals surface area contributed by atoms with Gasteiger partial charge in [0.1, 0.15) is 6.10 Å². The molecule has 1 N–H and O–H groups in total. The Morgan fingerprint density at radius 2 is 2.14 bits per heavy atom. The molecule has 6 nitrogen and oxygen atoms in total. The van der Waals surface area contributed by atoms with Crippen molar-refractivity contribution in [1.29, 1.82) is 0 Å². The minimum absolute atomic E-state index is 0.0103. The normalized spacial score (nSPS) is 20.4. The summed E-state index contributed by atoms with van der Waals surface area (Å²) in [6, 6.07) is 4.88. The maximum absolute atomic E-state index is 13.1. The van der Waals surface area contributed by atoms with Gasteiger partial charge in [0, 0.05) is 19.1 Å². The van der Waals surface area contributed by atoms with E-state index in [0.29, 0.717) is 19.8 Å². The van der Waals surface area contributed by atoms with E-state index >= 15 is 0 Å². The van der Waals surface area contributed by atoms with Gasteiger partial charge in [0.05, 0.1) is 19.3 Å². The number of morpholine rings is 1. The summed E-state index contributed by atoms with van der Waals surface area (Å²) in [5.41, 5.74) is 0.821. The average Bonchev–Trinajstić information content (AvgIpc) is 3.54. The molecule has 1 aliphatic carbocycles. The van der Waals surface area contributed by atoms with E-state index in [1.54, 1.807) is 12.1 Å². The number of amides is 1. The lowest BCUT2D eigenvalue weighted by Gasteiger charge is -2.34. The van der Waals surface area contributed by atoms with Crippen molar-refractivity contribution >= 4 is 5.91 Å². The quantitative estimate of drug-likeness (QED) is 0.596. The number of unbranched alkanes of at least 4 members (excludes halogenated alkanes) is 1. The van der Waals surface area contributed by atoms with Crippen molar-refractivity contribution in [3.8, 4) is 11.5 Å². The maximum Gasteiger partial charge on any atom is 0.387 e. The van der Waals surface area contributed by atoms with E-state index in [9.17, 15) is 13.6 Å². The molecule has 2 fully saturated rings. The average molecular weight is 412 g/mol. The van der Waals surface area contributed by atoms with Crippen LogP contribution in [0.4, 0.5) is 8.78 Å². The Balaban J connectivity index is 1.80. The van der Waals surface area contributed by atoms with Crippen LogP contribution in [0.1, 0.15) is 51.1 Å². The summed E-state index contributed by atoms with van der Waals surface area (Å²) in [5, 5.41) is 3.19. The Hall–Kier alpha value is -1.93.